The average molecular weight is 721 g/mol. The third kappa shape index (κ3) is 7.51. The van der Waals surface area contributed by atoms with E-state index in [0.717, 1.165) is 18.6 Å². The largest absolute Gasteiger partial charge is 0.446 e. The van der Waals surface area contributed by atoms with Crippen LogP contribution in [0.5, 0.6) is 0 Å². The summed E-state index contributed by atoms with van der Waals surface area (Å²) < 4.78 is 75.1. The molecule has 0 bridgehead atoms. The fourth-order valence-corrected chi connectivity index (χ4v) is 8.11. The highest BCUT2D eigenvalue weighted by Crippen LogP contribution is 2.47. The first-order valence-corrected chi connectivity index (χ1v) is 18.1. The average Bonchev–Trinajstić information content (AvgIpc) is 3.93. The number of halogens is 3. The molecule has 1 aromatic carbocycles. The Morgan fingerprint density at radius 2 is 1.84 bits per heavy atom. The Morgan fingerprint density at radius 1 is 1.10 bits per heavy atom. The number of rotatable bonds is 6. The molecule has 1 aromatic heterocycles. The van der Waals surface area contributed by atoms with Gasteiger partial charge in [-0.15, -0.1) is 0 Å². The summed E-state index contributed by atoms with van der Waals surface area (Å²) >= 11 is 0. The van der Waals surface area contributed by atoms with Crippen molar-refractivity contribution in [3.05, 3.63) is 53.9 Å². The summed E-state index contributed by atoms with van der Waals surface area (Å²) in [6.45, 7) is 2.12. The van der Waals surface area contributed by atoms with Gasteiger partial charge in [-0.2, -0.15) is 18.3 Å². The van der Waals surface area contributed by atoms with Crippen LogP contribution in [0.4, 0.5) is 23.7 Å². The van der Waals surface area contributed by atoms with Gasteiger partial charge in [-0.1, -0.05) is 12.2 Å². The zero-order valence-electron chi connectivity index (χ0n) is 27.5. The van der Waals surface area contributed by atoms with E-state index in [1.54, 1.807) is 26.1 Å². The minimum absolute atomic E-state index is 0.0545. The molecule has 3 fully saturated rings. The molecule has 0 spiro atoms. The fourth-order valence-electron chi connectivity index (χ4n) is 6.74. The summed E-state index contributed by atoms with van der Waals surface area (Å²) in [5, 5.41) is 8.71. The Bertz CT molecular complexity index is 1830. The molecule has 3 saturated carbocycles. The van der Waals surface area contributed by atoms with E-state index in [0.29, 0.717) is 37.9 Å². The predicted octanol–water partition coefficient (Wildman–Crippen LogP) is 3.82. The first-order valence-electron chi connectivity index (χ1n) is 16.6. The summed E-state index contributed by atoms with van der Waals surface area (Å²) in [7, 11) is -2.29. The van der Waals surface area contributed by atoms with Crippen molar-refractivity contribution < 1.29 is 45.5 Å². The number of ether oxygens (including phenoxy) is 1. The Balaban J connectivity index is 1.22. The third-order valence-electron chi connectivity index (χ3n) is 9.80. The lowest BCUT2D eigenvalue weighted by atomic mass is 9.93. The van der Waals surface area contributed by atoms with Crippen LogP contribution in [-0.2, 0) is 35.3 Å². The molecule has 1 aliphatic heterocycles. The standard InChI is InChI=1S/C33H39F3N6O7S/c1-19-12-14-42(39-19)27-11-8-20(33(34,35)36)15-26(27)37-31(46)49-22-16-24-25(17-22)29(44)41(2)13-6-4-3-5-7-21-18-32(21,38-28(24)43)30(45)40-50(47,48)23-9-10-23/h5,7-8,11-12,14-15,21-25H,3-4,6,9-10,13,16-18H2,1-2H3,(H,37,46)(H,38,43)(H,40,45)/t21-,22-,24-,25-,32-/m1/s1. The highest BCUT2D eigenvalue weighted by Gasteiger charge is 2.62. The fraction of sp³-hybridized carbons (Fsp3) is 0.545. The van der Waals surface area contributed by atoms with Crippen molar-refractivity contribution in [1.29, 1.82) is 0 Å². The molecule has 270 valence electrons. The molecular formula is C33H39F3N6O7S. The van der Waals surface area contributed by atoms with Crippen LogP contribution < -0.4 is 15.4 Å². The second-order valence-corrected chi connectivity index (χ2v) is 15.6. The first-order chi connectivity index (χ1) is 23.6. The van der Waals surface area contributed by atoms with E-state index in [9.17, 15) is 40.8 Å². The van der Waals surface area contributed by atoms with E-state index < -0.39 is 74.3 Å². The number of hydrogen-bond acceptors (Lipinski definition) is 8. The van der Waals surface area contributed by atoms with Crippen LogP contribution in [0.2, 0.25) is 0 Å². The quantitative estimate of drug-likeness (QED) is 0.379. The summed E-state index contributed by atoms with van der Waals surface area (Å²) in [6, 6.07) is 4.44. The number of fused-ring (bicyclic) bond motifs is 2. The Labute approximate surface area is 287 Å². The van der Waals surface area contributed by atoms with Crippen molar-refractivity contribution in [2.24, 2.45) is 17.8 Å². The van der Waals surface area contributed by atoms with E-state index in [4.69, 9.17) is 4.74 Å². The number of anilines is 1. The number of allylic oxidation sites excluding steroid dienone is 1. The second kappa shape index (κ2) is 13.4. The van der Waals surface area contributed by atoms with Crippen molar-refractivity contribution in [3.63, 3.8) is 0 Å². The SMILES string of the molecule is Cc1ccn(-c2ccc(C(F)(F)F)cc2NC(=O)O[C@@H]2C[C@H]3C(=O)N[C@]4(C(=O)NS(=O)(=O)C5CC5)C[C@H]4C=CCCCCN(C)C(=O)[C@@H]3C2)n1. The van der Waals surface area contributed by atoms with E-state index in [2.05, 4.69) is 20.5 Å². The molecule has 2 aromatic rings. The molecule has 0 radical (unpaired) electrons. The van der Waals surface area contributed by atoms with Crippen molar-refractivity contribution in [3.8, 4) is 5.69 Å². The molecule has 4 amide bonds. The topological polar surface area (TPSA) is 169 Å². The predicted molar refractivity (Wildman–Crippen MR) is 173 cm³/mol. The zero-order chi connectivity index (χ0) is 36.0. The molecule has 3 N–H and O–H groups in total. The summed E-state index contributed by atoms with van der Waals surface area (Å²) in [6.07, 6.45) is 1.40. The smallest absolute Gasteiger partial charge is 0.416 e. The van der Waals surface area contributed by atoms with Gasteiger partial charge >= 0.3 is 12.3 Å². The van der Waals surface area contributed by atoms with Crippen LogP contribution >= 0.6 is 0 Å². The monoisotopic (exact) mass is 720 g/mol. The van der Waals surface area contributed by atoms with Gasteiger partial charge < -0.3 is 15.0 Å². The molecular weight excluding hydrogens is 681 g/mol. The van der Waals surface area contributed by atoms with Crippen LogP contribution in [-0.4, -0.2) is 77.4 Å². The molecule has 4 aliphatic rings. The molecule has 50 heavy (non-hydrogen) atoms. The van der Waals surface area contributed by atoms with Gasteiger partial charge in [-0.3, -0.25) is 24.4 Å². The maximum atomic E-state index is 13.9. The Morgan fingerprint density at radius 3 is 2.52 bits per heavy atom. The number of aryl methyl sites for hydroxylation is 1. The molecule has 0 unspecified atom stereocenters. The number of hydrogen-bond donors (Lipinski definition) is 3. The number of amides is 4. The first kappa shape index (κ1) is 35.4. The van der Waals surface area contributed by atoms with Gasteiger partial charge in [-0.25, -0.2) is 17.9 Å². The van der Waals surface area contributed by atoms with Crippen LogP contribution in [0.1, 0.15) is 62.6 Å². The van der Waals surface area contributed by atoms with Gasteiger partial charge in [0, 0.05) is 25.7 Å². The Kier molecular flexibility index (Phi) is 9.47. The number of alkyl halides is 3. The minimum atomic E-state index is -4.70. The highest BCUT2D eigenvalue weighted by atomic mass is 32.2. The summed E-state index contributed by atoms with van der Waals surface area (Å²) in [5.74, 6) is -4.31. The van der Waals surface area contributed by atoms with Gasteiger partial charge in [0.15, 0.2) is 0 Å². The molecule has 3 aliphatic carbocycles. The van der Waals surface area contributed by atoms with E-state index in [-0.39, 0.29) is 36.5 Å². The lowest BCUT2D eigenvalue weighted by Gasteiger charge is -2.26. The Hall–Kier alpha value is -4.41. The van der Waals surface area contributed by atoms with Crippen LogP contribution in [0, 0.1) is 24.7 Å². The molecule has 0 saturated heterocycles. The third-order valence-corrected chi connectivity index (χ3v) is 11.6. The van der Waals surface area contributed by atoms with Crippen LogP contribution in [0.15, 0.2) is 42.6 Å². The summed E-state index contributed by atoms with van der Waals surface area (Å²) in [4.78, 5) is 55.7. The van der Waals surface area contributed by atoms with Crippen molar-refractivity contribution in [2.45, 2.75) is 81.4 Å². The summed E-state index contributed by atoms with van der Waals surface area (Å²) in [5.41, 5.74) is -2.01. The molecule has 6 rings (SSSR count). The van der Waals surface area contributed by atoms with Gasteiger partial charge in [0.1, 0.15) is 11.6 Å². The van der Waals surface area contributed by atoms with Crippen LogP contribution in [0.3, 0.4) is 0 Å². The van der Waals surface area contributed by atoms with Crippen molar-refractivity contribution >= 4 is 39.5 Å². The number of aromatic nitrogens is 2. The number of nitrogens with one attached hydrogen (secondary N) is 3. The maximum absolute atomic E-state index is 13.9. The van der Waals surface area contributed by atoms with E-state index >= 15 is 0 Å². The van der Waals surface area contributed by atoms with Crippen molar-refractivity contribution in [2.75, 3.05) is 18.9 Å². The molecule has 2 heterocycles. The number of carbonyl (C=O) groups is 4. The molecule has 17 heteroatoms. The second-order valence-electron chi connectivity index (χ2n) is 13.6. The number of nitrogens with zero attached hydrogens (tertiary/aromatic N) is 3. The normalized spacial score (nSPS) is 27.4. The maximum Gasteiger partial charge on any atom is 0.416 e. The van der Waals surface area contributed by atoms with Crippen molar-refractivity contribution in [1.82, 2.24) is 24.7 Å². The lowest BCUT2D eigenvalue weighted by molar-refractivity contribution is -0.140. The number of carbonyl (C=O) groups excluding carboxylic acids is 4. The number of sulfonamides is 1. The van der Waals surface area contributed by atoms with E-state index in [1.165, 1.54) is 21.8 Å². The minimum Gasteiger partial charge on any atom is -0.446 e. The van der Waals surface area contributed by atoms with Crippen LogP contribution in [0.25, 0.3) is 5.69 Å². The zero-order valence-corrected chi connectivity index (χ0v) is 28.4. The molecule has 5 atom stereocenters. The highest BCUT2D eigenvalue weighted by molar-refractivity contribution is 7.91. The lowest BCUT2D eigenvalue weighted by Crippen LogP contribution is -2.54. The van der Waals surface area contributed by atoms with Gasteiger partial charge in [0.25, 0.3) is 5.91 Å². The number of benzene rings is 1. The van der Waals surface area contributed by atoms with E-state index in [1.807, 2.05) is 6.08 Å². The van der Waals surface area contributed by atoms with Gasteiger partial charge in [-0.05, 0) is 82.6 Å². The van der Waals surface area contributed by atoms with Gasteiger partial charge in [0.05, 0.1) is 39.7 Å². The molecule has 13 nitrogen and oxygen atoms in total. The van der Waals surface area contributed by atoms with Gasteiger partial charge in [0.2, 0.25) is 21.8 Å².